The molecule has 3 rings (SSSR count). The van der Waals surface area contributed by atoms with Crippen molar-refractivity contribution < 1.29 is 9.47 Å². The minimum absolute atomic E-state index is 0.361. The molecular formula is C18H27NO2. The number of para-hydroxylation sites is 1. The van der Waals surface area contributed by atoms with Crippen molar-refractivity contribution in [3.63, 3.8) is 0 Å². The van der Waals surface area contributed by atoms with Gasteiger partial charge in [0, 0.05) is 12.6 Å². The van der Waals surface area contributed by atoms with Crippen LogP contribution in [0.15, 0.2) is 24.3 Å². The third-order valence-electron chi connectivity index (χ3n) is 4.93. The van der Waals surface area contributed by atoms with Crippen LogP contribution in [0, 0.1) is 5.92 Å². The van der Waals surface area contributed by atoms with Crippen LogP contribution in [-0.2, 0) is 4.74 Å². The van der Waals surface area contributed by atoms with E-state index in [0.717, 1.165) is 38.3 Å². The first-order valence-electron chi connectivity index (χ1n) is 8.36. The molecule has 0 bridgehead atoms. The zero-order valence-corrected chi connectivity index (χ0v) is 13.2. The third-order valence-corrected chi connectivity index (χ3v) is 4.93. The van der Waals surface area contributed by atoms with Crippen molar-refractivity contribution in [2.45, 2.75) is 51.2 Å². The van der Waals surface area contributed by atoms with Crippen LogP contribution in [0.4, 0.5) is 0 Å². The summed E-state index contributed by atoms with van der Waals surface area (Å²) in [5.41, 5.74) is 1.37. The molecule has 1 fully saturated rings. The average molecular weight is 289 g/mol. The van der Waals surface area contributed by atoms with Crippen LogP contribution in [-0.4, -0.2) is 31.9 Å². The molecule has 1 aromatic carbocycles. The fourth-order valence-corrected chi connectivity index (χ4v) is 3.79. The van der Waals surface area contributed by atoms with Gasteiger partial charge in [0.25, 0.3) is 0 Å². The van der Waals surface area contributed by atoms with E-state index in [-0.39, 0.29) is 0 Å². The molecule has 3 heteroatoms. The molecule has 2 aliphatic rings. The lowest BCUT2D eigenvalue weighted by Gasteiger charge is -2.33. The van der Waals surface area contributed by atoms with E-state index in [9.17, 15) is 0 Å². The van der Waals surface area contributed by atoms with Gasteiger partial charge in [-0.2, -0.15) is 0 Å². The summed E-state index contributed by atoms with van der Waals surface area (Å²) in [6, 6.07) is 8.95. The van der Waals surface area contributed by atoms with Crippen molar-refractivity contribution in [1.29, 1.82) is 0 Å². The molecule has 0 amide bonds. The summed E-state index contributed by atoms with van der Waals surface area (Å²) >= 11 is 0. The van der Waals surface area contributed by atoms with E-state index in [0.29, 0.717) is 24.0 Å². The van der Waals surface area contributed by atoms with Gasteiger partial charge < -0.3 is 14.8 Å². The molecule has 0 saturated carbocycles. The van der Waals surface area contributed by atoms with Crippen molar-refractivity contribution in [1.82, 2.24) is 5.32 Å². The highest BCUT2D eigenvalue weighted by atomic mass is 16.5. The Balaban J connectivity index is 1.74. The Labute approximate surface area is 128 Å². The minimum Gasteiger partial charge on any atom is -0.493 e. The Bertz CT molecular complexity index is 462. The molecular weight excluding hydrogens is 262 g/mol. The average Bonchev–Trinajstić information content (AvgIpc) is 2.93. The predicted molar refractivity (Wildman–Crippen MR) is 84.9 cm³/mol. The zero-order valence-electron chi connectivity index (χ0n) is 13.2. The highest BCUT2D eigenvalue weighted by molar-refractivity contribution is 5.37. The van der Waals surface area contributed by atoms with Crippen molar-refractivity contribution in [3.05, 3.63) is 29.8 Å². The molecule has 116 valence electrons. The molecule has 1 aromatic rings. The maximum absolute atomic E-state index is 6.02. The van der Waals surface area contributed by atoms with Crippen molar-refractivity contribution >= 4 is 0 Å². The summed E-state index contributed by atoms with van der Waals surface area (Å²) in [7, 11) is 0. The number of benzene rings is 1. The van der Waals surface area contributed by atoms with Crippen LogP contribution in [0.5, 0.6) is 5.75 Å². The standard InChI is InChI=1S/C18H27NO2/c1-3-19-16(18-13(2)8-10-21-18)12-14-9-11-20-17-7-5-4-6-15(14)17/h4-7,13-14,16,18-19H,3,8-12H2,1-2H3. The Morgan fingerprint density at radius 2 is 2.10 bits per heavy atom. The maximum Gasteiger partial charge on any atom is 0.122 e. The third kappa shape index (κ3) is 3.24. The van der Waals surface area contributed by atoms with Crippen molar-refractivity contribution in [3.8, 4) is 5.75 Å². The normalized spacial score (nSPS) is 29.7. The molecule has 0 aromatic heterocycles. The van der Waals surface area contributed by atoms with Crippen LogP contribution >= 0.6 is 0 Å². The molecule has 2 heterocycles. The number of fused-ring (bicyclic) bond motifs is 1. The largest absolute Gasteiger partial charge is 0.493 e. The number of hydrogen-bond donors (Lipinski definition) is 1. The van der Waals surface area contributed by atoms with Gasteiger partial charge in [-0.05, 0) is 49.3 Å². The number of rotatable bonds is 5. The Kier molecular flexibility index (Phi) is 4.81. The van der Waals surface area contributed by atoms with E-state index >= 15 is 0 Å². The molecule has 21 heavy (non-hydrogen) atoms. The van der Waals surface area contributed by atoms with Gasteiger partial charge >= 0.3 is 0 Å². The van der Waals surface area contributed by atoms with Gasteiger partial charge in [-0.1, -0.05) is 32.0 Å². The van der Waals surface area contributed by atoms with E-state index in [1.54, 1.807) is 0 Å². The van der Waals surface area contributed by atoms with Gasteiger partial charge in [0.2, 0.25) is 0 Å². The Morgan fingerprint density at radius 3 is 2.86 bits per heavy atom. The second kappa shape index (κ2) is 6.80. The van der Waals surface area contributed by atoms with Gasteiger partial charge in [0.1, 0.15) is 5.75 Å². The van der Waals surface area contributed by atoms with Gasteiger partial charge in [-0.3, -0.25) is 0 Å². The number of ether oxygens (including phenoxy) is 2. The summed E-state index contributed by atoms with van der Waals surface area (Å²) in [6.07, 6.45) is 3.81. The maximum atomic E-state index is 6.02. The highest BCUT2D eigenvalue weighted by Gasteiger charge is 2.34. The first-order chi connectivity index (χ1) is 10.3. The molecule has 2 aliphatic heterocycles. The zero-order chi connectivity index (χ0) is 14.7. The topological polar surface area (TPSA) is 30.5 Å². The number of likely N-dealkylation sites (N-methyl/N-ethyl adjacent to an activating group) is 1. The van der Waals surface area contributed by atoms with Crippen LogP contribution in [0.3, 0.4) is 0 Å². The lowest BCUT2D eigenvalue weighted by molar-refractivity contribution is 0.0547. The molecule has 0 aliphatic carbocycles. The van der Waals surface area contributed by atoms with E-state index in [1.165, 1.54) is 12.0 Å². The summed E-state index contributed by atoms with van der Waals surface area (Å²) in [5.74, 6) is 2.31. The second-order valence-electron chi connectivity index (χ2n) is 6.37. The van der Waals surface area contributed by atoms with Gasteiger partial charge in [0.05, 0.1) is 12.7 Å². The number of hydrogen-bond acceptors (Lipinski definition) is 3. The van der Waals surface area contributed by atoms with E-state index in [1.807, 2.05) is 0 Å². The minimum atomic E-state index is 0.361. The fraction of sp³-hybridized carbons (Fsp3) is 0.667. The smallest absolute Gasteiger partial charge is 0.122 e. The molecule has 1 N–H and O–H groups in total. The molecule has 4 atom stereocenters. The summed E-state index contributed by atoms with van der Waals surface area (Å²) in [6.45, 7) is 7.26. The quantitative estimate of drug-likeness (QED) is 0.901. The summed E-state index contributed by atoms with van der Waals surface area (Å²) in [5, 5.41) is 3.67. The lowest BCUT2D eigenvalue weighted by Crippen LogP contribution is -2.43. The lowest BCUT2D eigenvalue weighted by atomic mass is 9.84. The molecule has 0 spiro atoms. The van der Waals surface area contributed by atoms with Crippen LogP contribution in [0.2, 0.25) is 0 Å². The number of nitrogens with one attached hydrogen (secondary N) is 1. The Hall–Kier alpha value is -1.06. The fourth-order valence-electron chi connectivity index (χ4n) is 3.79. The van der Waals surface area contributed by atoms with Crippen LogP contribution in [0.1, 0.15) is 44.6 Å². The van der Waals surface area contributed by atoms with E-state index in [4.69, 9.17) is 9.47 Å². The first kappa shape index (κ1) is 14.9. The first-order valence-corrected chi connectivity index (χ1v) is 8.36. The molecule has 3 nitrogen and oxygen atoms in total. The second-order valence-corrected chi connectivity index (χ2v) is 6.37. The Morgan fingerprint density at radius 1 is 1.24 bits per heavy atom. The predicted octanol–water partition coefficient (Wildman–Crippen LogP) is 3.35. The molecule has 1 saturated heterocycles. The summed E-state index contributed by atoms with van der Waals surface area (Å²) < 4.78 is 11.8. The summed E-state index contributed by atoms with van der Waals surface area (Å²) in [4.78, 5) is 0. The van der Waals surface area contributed by atoms with Crippen LogP contribution < -0.4 is 10.1 Å². The highest BCUT2D eigenvalue weighted by Crippen LogP contribution is 2.38. The van der Waals surface area contributed by atoms with Crippen molar-refractivity contribution in [2.75, 3.05) is 19.8 Å². The van der Waals surface area contributed by atoms with Crippen molar-refractivity contribution in [2.24, 2.45) is 5.92 Å². The van der Waals surface area contributed by atoms with Gasteiger partial charge in [-0.25, -0.2) is 0 Å². The van der Waals surface area contributed by atoms with Gasteiger partial charge in [-0.15, -0.1) is 0 Å². The molecule has 4 unspecified atom stereocenters. The van der Waals surface area contributed by atoms with Gasteiger partial charge in [0.15, 0.2) is 0 Å². The molecule has 0 radical (unpaired) electrons. The SMILES string of the molecule is CCNC(CC1CCOc2ccccc21)C1OCCC1C. The van der Waals surface area contributed by atoms with Crippen LogP contribution in [0.25, 0.3) is 0 Å². The van der Waals surface area contributed by atoms with E-state index < -0.39 is 0 Å². The monoisotopic (exact) mass is 289 g/mol. The van der Waals surface area contributed by atoms with E-state index in [2.05, 4.69) is 43.4 Å².